The fourth-order valence-corrected chi connectivity index (χ4v) is 5.07. The fraction of sp³-hybridized carbons (Fsp3) is 0.241. The van der Waals surface area contributed by atoms with Gasteiger partial charge in [0.05, 0.1) is 11.1 Å². The number of hydrogen-bond acceptors (Lipinski definition) is 4. The molecule has 7 nitrogen and oxygen atoms in total. The molecule has 0 radical (unpaired) electrons. The number of fused-ring (bicyclic) bond motifs is 1. The van der Waals surface area contributed by atoms with E-state index >= 15 is 0 Å². The van der Waals surface area contributed by atoms with Crippen molar-refractivity contribution in [2.24, 2.45) is 0 Å². The first-order chi connectivity index (χ1) is 18.3. The van der Waals surface area contributed by atoms with Crippen LogP contribution in [0.3, 0.4) is 0 Å². The van der Waals surface area contributed by atoms with Gasteiger partial charge in [0.15, 0.2) is 0 Å². The molecule has 3 aromatic carbocycles. The molecule has 0 aromatic heterocycles. The largest absolute Gasteiger partial charge is 0.357 e. The minimum absolute atomic E-state index is 0.0117. The van der Waals surface area contributed by atoms with Crippen LogP contribution in [-0.4, -0.2) is 53.1 Å². The number of benzene rings is 3. The zero-order valence-electron chi connectivity index (χ0n) is 20.8. The molecule has 3 aromatic rings. The molecule has 1 aliphatic rings. The summed E-state index contributed by atoms with van der Waals surface area (Å²) in [5.41, 5.74) is 2.14. The minimum atomic E-state index is -0.832. The van der Waals surface area contributed by atoms with Gasteiger partial charge in [0.1, 0.15) is 6.04 Å². The number of halogens is 2. The van der Waals surface area contributed by atoms with E-state index < -0.39 is 6.04 Å². The van der Waals surface area contributed by atoms with Crippen molar-refractivity contribution in [1.82, 2.24) is 15.1 Å². The number of imide groups is 1. The van der Waals surface area contributed by atoms with Gasteiger partial charge in [0, 0.05) is 48.6 Å². The zero-order valence-corrected chi connectivity index (χ0v) is 22.3. The second-order valence-corrected chi connectivity index (χ2v) is 9.77. The van der Waals surface area contributed by atoms with Crippen molar-refractivity contribution in [1.29, 1.82) is 0 Å². The van der Waals surface area contributed by atoms with Crippen molar-refractivity contribution >= 4 is 46.8 Å². The van der Waals surface area contributed by atoms with Gasteiger partial charge in [-0.1, -0.05) is 71.7 Å². The van der Waals surface area contributed by atoms with E-state index in [0.717, 1.165) is 10.5 Å². The Morgan fingerprint density at radius 3 is 2.03 bits per heavy atom. The lowest BCUT2D eigenvalue weighted by molar-refractivity contribution is -0.141. The number of carbonyl (C=O) groups is 4. The van der Waals surface area contributed by atoms with Crippen LogP contribution in [0.25, 0.3) is 0 Å². The van der Waals surface area contributed by atoms with Gasteiger partial charge in [-0.25, -0.2) is 0 Å². The Bertz CT molecular complexity index is 1310. The topological polar surface area (TPSA) is 86.8 Å². The summed E-state index contributed by atoms with van der Waals surface area (Å²) in [6.45, 7) is 0.109. The van der Waals surface area contributed by atoms with Gasteiger partial charge in [-0.05, 0) is 36.2 Å². The molecule has 1 N–H and O–H groups in total. The van der Waals surface area contributed by atoms with Crippen LogP contribution < -0.4 is 5.32 Å². The second-order valence-electron chi connectivity index (χ2n) is 8.95. The van der Waals surface area contributed by atoms with Crippen molar-refractivity contribution in [2.75, 3.05) is 13.6 Å². The van der Waals surface area contributed by atoms with E-state index in [1.807, 2.05) is 30.3 Å². The molecule has 4 rings (SSSR count). The van der Waals surface area contributed by atoms with Crippen LogP contribution in [0.5, 0.6) is 0 Å². The molecule has 196 valence electrons. The molecule has 0 saturated carbocycles. The molecule has 4 amide bonds. The molecule has 38 heavy (non-hydrogen) atoms. The summed E-state index contributed by atoms with van der Waals surface area (Å²) >= 11 is 12.8. The van der Waals surface area contributed by atoms with Crippen molar-refractivity contribution < 1.29 is 19.2 Å². The standard InChI is InChI=1S/C29H27Cl2N3O4/c1-32-27(36)25(17-19-9-3-2-4-10-19)34(18-22-23(30)13-7-14-24(22)31)26(35)15-8-16-33-28(37)20-11-5-6-12-21(20)29(33)38/h2-7,9-14,25H,8,15-18H2,1H3,(H,32,36)/t25-/m1/s1. The smallest absolute Gasteiger partial charge is 0.261 e. The fourth-order valence-electron chi connectivity index (χ4n) is 4.55. The zero-order chi connectivity index (χ0) is 27.2. The van der Waals surface area contributed by atoms with Gasteiger partial charge < -0.3 is 10.2 Å². The first-order valence-corrected chi connectivity index (χ1v) is 13.0. The monoisotopic (exact) mass is 551 g/mol. The lowest BCUT2D eigenvalue weighted by Gasteiger charge is -2.32. The number of hydrogen-bond donors (Lipinski definition) is 1. The molecule has 0 unspecified atom stereocenters. The number of nitrogens with one attached hydrogen (secondary N) is 1. The second kappa shape index (κ2) is 12.2. The third kappa shape index (κ3) is 5.90. The van der Waals surface area contributed by atoms with Gasteiger partial charge in [0.25, 0.3) is 11.8 Å². The summed E-state index contributed by atoms with van der Waals surface area (Å²) in [5, 5.41) is 3.43. The summed E-state index contributed by atoms with van der Waals surface area (Å²) < 4.78 is 0. The molecule has 0 fully saturated rings. The number of likely N-dealkylation sites (N-methyl/N-ethyl adjacent to an activating group) is 1. The predicted molar refractivity (Wildman–Crippen MR) is 146 cm³/mol. The van der Waals surface area contributed by atoms with Crippen LogP contribution in [0.15, 0.2) is 72.8 Å². The van der Waals surface area contributed by atoms with Crippen LogP contribution in [0.1, 0.15) is 44.7 Å². The number of rotatable bonds is 10. The van der Waals surface area contributed by atoms with Gasteiger partial charge >= 0.3 is 0 Å². The summed E-state index contributed by atoms with van der Waals surface area (Å²) in [6, 6.07) is 20.3. The van der Waals surface area contributed by atoms with E-state index in [1.165, 1.54) is 11.9 Å². The van der Waals surface area contributed by atoms with Gasteiger partial charge in [-0.3, -0.25) is 24.1 Å². The maximum absolute atomic E-state index is 13.6. The minimum Gasteiger partial charge on any atom is -0.357 e. The van der Waals surface area contributed by atoms with Crippen molar-refractivity contribution in [3.05, 3.63) is 105 Å². The Morgan fingerprint density at radius 2 is 1.45 bits per heavy atom. The highest BCUT2D eigenvalue weighted by Crippen LogP contribution is 2.28. The lowest BCUT2D eigenvalue weighted by Crippen LogP contribution is -2.50. The normalized spacial score (nSPS) is 13.3. The Balaban J connectivity index is 1.55. The van der Waals surface area contributed by atoms with E-state index in [0.29, 0.717) is 26.7 Å². The quantitative estimate of drug-likeness (QED) is 0.368. The molecule has 0 aliphatic carbocycles. The molecular weight excluding hydrogens is 525 g/mol. The van der Waals surface area contributed by atoms with Crippen LogP contribution in [-0.2, 0) is 22.6 Å². The highest BCUT2D eigenvalue weighted by molar-refractivity contribution is 6.36. The average molecular weight is 552 g/mol. The Morgan fingerprint density at radius 1 is 0.868 bits per heavy atom. The molecule has 1 aliphatic heterocycles. The van der Waals surface area contributed by atoms with E-state index in [2.05, 4.69) is 5.32 Å². The van der Waals surface area contributed by atoms with Crippen LogP contribution in [0, 0.1) is 0 Å². The Kier molecular flexibility index (Phi) is 8.81. The van der Waals surface area contributed by atoms with Gasteiger partial charge in [-0.2, -0.15) is 0 Å². The van der Waals surface area contributed by atoms with Crippen molar-refractivity contribution in [2.45, 2.75) is 31.8 Å². The molecule has 1 atom stereocenters. The molecular formula is C29H27Cl2N3O4. The Hall–Kier alpha value is -3.68. The SMILES string of the molecule is CNC(=O)[C@@H](Cc1ccccc1)N(Cc1c(Cl)cccc1Cl)C(=O)CCCN1C(=O)c2ccccc2C1=O. The summed E-state index contributed by atoms with van der Waals surface area (Å²) in [7, 11) is 1.52. The third-order valence-corrected chi connectivity index (χ3v) is 7.27. The highest BCUT2D eigenvalue weighted by atomic mass is 35.5. The number of amides is 4. The molecule has 1 heterocycles. The number of nitrogens with zero attached hydrogens (tertiary/aromatic N) is 2. The summed E-state index contributed by atoms with van der Waals surface area (Å²) in [4.78, 5) is 54.7. The predicted octanol–water partition coefficient (Wildman–Crippen LogP) is 4.76. The summed E-state index contributed by atoms with van der Waals surface area (Å²) in [6.07, 6.45) is 0.535. The summed E-state index contributed by atoms with van der Waals surface area (Å²) in [5.74, 6) is -1.39. The third-order valence-electron chi connectivity index (χ3n) is 6.56. The first kappa shape index (κ1) is 27.4. The van der Waals surface area contributed by atoms with Gasteiger partial charge in [0.2, 0.25) is 11.8 Å². The van der Waals surface area contributed by atoms with Crippen molar-refractivity contribution in [3.8, 4) is 0 Å². The average Bonchev–Trinajstić information content (AvgIpc) is 3.17. The van der Waals surface area contributed by atoms with Crippen molar-refractivity contribution in [3.63, 3.8) is 0 Å². The van der Waals surface area contributed by atoms with Crippen LogP contribution in [0.4, 0.5) is 0 Å². The van der Waals surface area contributed by atoms with Crippen LogP contribution in [0.2, 0.25) is 10.0 Å². The highest BCUT2D eigenvalue weighted by Gasteiger charge is 2.35. The van der Waals surface area contributed by atoms with E-state index in [1.54, 1.807) is 42.5 Å². The molecule has 0 bridgehead atoms. The first-order valence-electron chi connectivity index (χ1n) is 12.2. The molecule has 9 heteroatoms. The lowest BCUT2D eigenvalue weighted by atomic mass is 10.0. The van der Waals surface area contributed by atoms with E-state index in [4.69, 9.17) is 23.2 Å². The number of carbonyl (C=O) groups excluding carboxylic acids is 4. The van der Waals surface area contributed by atoms with E-state index in [-0.39, 0.29) is 56.0 Å². The Labute approximate surface area is 231 Å². The van der Waals surface area contributed by atoms with E-state index in [9.17, 15) is 19.2 Å². The molecule has 0 saturated heterocycles. The maximum Gasteiger partial charge on any atom is 0.261 e. The van der Waals surface area contributed by atoms with Crippen LogP contribution >= 0.6 is 23.2 Å². The maximum atomic E-state index is 13.6. The molecule has 0 spiro atoms. The van der Waals surface area contributed by atoms with Gasteiger partial charge in [-0.15, -0.1) is 0 Å².